The van der Waals surface area contributed by atoms with Crippen molar-refractivity contribution in [1.29, 1.82) is 0 Å². The van der Waals surface area contributed by atoms with Gasteiger partial charge in [-0.1, -0.05) is 32.6 Å². The van der Waals surface area contributed by atoms with Gasteiger partial charge in [-0.05, 0) is 18.3 Å². The molecule has 1 saturated heterocycles. The topological polar surface area (TPSA) is 89.9 Å². The Hall–Kier alpha value is -1.30. The second-order valence-corrected chi connectivity index (χ2v) is 6.54. The normalized spacial score (nSPS) is 33.0. The first kappa shape index (κ1) is 16.1. The van der Waals surface area contributed by atoms with Crippen LogP contribution in [0, 0.1) is 11.8 Å². The van der Waals surface area contributed by atoms with Crippen molar-refractivity contribution in [2.45, 2.75) is 57.6 Å². The van der Waals surface area contributed by atoms with Crippen LogP contribution in [0.25, 0.3) is 0 Å². The number of aliphatic hydroxyl groups excluding tert-OH is 1. The van der Waals surface area contributed by atoms with Gasteiger partial charge in [0.25, 0.3) is 0 Å². The van der Waals surface area contributed by atoms with Crippen LogP contribution >= 0.6 is 0 Å². The molecule has 2 fully saturated rings. The van der Waals surface area contributed by atoms with Gasteiger partial charge in [0, 0.05) is 19.5 Å². The van der Waals surface area contributed by atoms with Crippen molar-refractivity contribution in [2.75, 3.05) is 13.1 Å². The first-order valence-corrected chi connectivity index (χ1v) is 7.92. The molecule has 0 unspecified atom stereocenters. The summed E-state index contributed by atoms with van der Waals surface area (Å²) in [6.45, 7) is 2.96. The lowest BCUT2D eigenvalue weighted by atomic mass is 9.81. The molecule has 1 aliphatic carbocycles. The standard InChI is InChI=1S/C15H26N2O4/c1-10-2-4-11(5-3-10)6-7-16-15(21)17-9-12(18)8-13(17)14(19)20/h10-13,18H,2-9H2,1H3,(H,16,21)(H,19,20)/t10?,11?,12-,13-/m1/s1. The van der Waals surface area contributed by atoms with Crippen LogP contribution in [0.15, 0.2) is 0 Å². The van der Waals surface area contributed by atoms with Crippen LogP contribution in [-0.4, -0.2) is 52.3 Å². The molecule has 0 bridgehead atoms. The Morgan fingerprint density at radius 2 is 1.90 bits per heavy atom. The van der Waals surface area contributed by atoms with Crippen molar-refractivity contribution in [2.24, 2.45) is 11.8 Å². The van der Waals surface area contributed by atoms with E-state index in [2.05, 4.69) is 12.2 Å². The van der Waals surface area contributed by atoms with Crippen LogP contribution in [0.2, 0.25) is 0 Å². The van der Waals surface area contributed by atoms with Crippen molar-refractivity contribution in [1.82, 2.24) is 10.2 Å². The van der Waals surface area contributed by atoms with E-state index < -0.39 is 18.1 Å². The summed E-state index contributed by atoms with van der Waals surface area (Å²) < 4.78 is 0. The third-order valence-electron chi connectivity index (χ3n) is 4.79. The molecule has 0 spiro atoms. The van der Waals surface area contributed by atoms with E-state index in [1.165, 1.54) is 30.6 Å². The molecular formula is C15H26N2O4. The van der Waals surface area contributed by atoms with Crippen LogP contribution < -0.4 is 5.32 Å². The highest BCUT2D eigenvalue weighted by atomic mass is 16.4. The number of β-amino-alcohol motifs (C(OH)–C–C–N with tert-alkyl or cyclic N) is 1. The number of hydrogen-bond acceptors (Lipinski definition) is 3. The van der Waals surface area contributed by atoms with E-state index in [-0.39, 0.29) is 19.0 Å². The number of aliphatic hydroxyl groups is 1. The second-order valence-electron chi connectivity index (χ2n) is 6.54. The fourth-order valence-corrected chi connectivity index (χ4v) is 3.37. The van der Waals surface area contributed by atoms with Crippen molar-refractivity contribution in [3.8, 4) is 0 Å². The fraction of sp³-hybridized carbons (Fsp3) is 0.867. The molecule has 0 aromatic carbocycles. The number of carbonyl (C=O) groups excluding carboxylic acids is 1. The highest BCUT2D eigenvalue weighted by molar-refractivity contribution is 5.83. The molecule has 1 saturated carbocycles. The largest absolute Gasteiger partial charge is 0.480 e. The van der Waals surface area contributed by atoms with E-state index in [4.69, 9.17) is 5.11 Å². The Kier molecular flexibility index (Phi) is 5.45. The van der Waals surface area contributed by atoms with Crippen molar-refractivity contribution < 1.29 is 19.8 Å². The predicted molar refractivity (Wildman–Crippen MR) is 77.9 cm³/mol. The van der Waals surface area contributed by atoms with Gasteiger partial charge in [-0.2, -0.15) is 0 Å². The zero-order valence-electron chi connectivity index (χ0n) is 12.6. The molecule has 0 radical (unpaired) electrons. The number of likely N-dealkylation sites (tertiary alicyclic amines) is 1. The molecule has 21 heavy (non-hydrogen) atoms. The van der Waals surface area contributed by atoms with Gasteiger partial charge in [0.15, 0.2) is 0 Å². The third-order valence-corrected chi connectivity index (χ3v) is 4.79. The fourth-order valence-electron chi connectivity index (χ4n) is 3.37. The molecule has 6 nitrogen and oxygen atoms in total. The molecule has 3 N–H and O–H groups in total. The number of carbonyl (C=O) groups is 2. The second kappa shape index (κ2) is 7.11. The minimum atomic E-state index is -1.05. The Morgan fingerprint density at radius 1 is 1.24 bits per heavy atom. The maximum Gasteiger partial charge on any atom is 0.326 e. The highest BCUT2D eigenvalue weighted by Gasteiger charge is 2.38. The summed E-state index contributed by atoms with van der Waals surface area (Å²) in [5.41, 5.74) is 0. The van der Waals surface area contributed by atoms with Crippen LogP contribution in [0.1, 0.15) is 45.4 Å². The molecule has 1 heterocycles. The van der Waals surface area contributed by atoms with Gasteiger partial charge in [0.2, 0.25) is 0 Å². The number of urea groups is 1. The number of amides is 2. The summed E-state index contributed by atoms with van der Waals surface area (Å²) in [7, 11) is 0. The molecule has 6 heteroatoms. The van der Waals surface area contributed by atoms with Crippen LogP contribution in [0.4, 0.5) is 4.79 Å². The number of carboxylic acids is 1. The zero-order chi connectivity index (χ0) is 15.4. The smallest absolute Gasteiger partial charge is 0.326 e. The maximum atomic E-state index is 12.0. The van der Waals surface area contributed by atoms with Crippen LogP contribution in [0.5, 0.6) is 0 Å². The van der Waals surface area contributed by atoms with E-state index in [1.54, 1.807) is 0 Å². The molecule has 2 aliphatic rings. The van der Waals surface area contributed by atoms with E-state index >= 15 is 0 Å². The summed E-state index contributed by atoms with van der Waals surface area (Å²) >= 11 is 0. The molecule has 120 valence electrons. The predicted octanol–water partition coefficient (Wildman–Crippen LogP) is 1.43. The lowest BCUT2D eigenvalue weighted by molar-refractivity contribution is -0.141. The van der Waals surface area contributed by atoms with Gasteiger partial charge < -0.3 is 20.4 Å². The summed E-state index contributed by atoms with van der Waals surface area (Å²) in [6, 6.07) is -1.28. The number of aliphatic carboxylic acids is 1. The van der Waals surface area contributed by atoms with Crippen LogP contribution in [0.3, 0.4) is 0 Å². The molecule has 1 aliphatic heterocycles. The molecule has 0 aromatic heterocycles. The number of hydrogen-bond donors (Lipinski definition) is 3. The van der Waals surface area contributed by atoms with Gasteiger partial charge in [-0.25, -0.2) is 9.59 Å². The minimum Gasteiger partial charge on any atom is -0.480 e. The van der Waals surface area contributed by atoms with Gasteiger partial charge in [0.1, 0.15) is 6.04 Å². The number of nitrogens with zero attached hydrogens (tertiary/aromatic N) is 1. The summed E-state index contributed by atoms with van der Waals surface area (Å²) in [4.78, 5) is 24.4. The SMILES string of the molecule is CC1CCC(CCNC(=O)N2C[C@H](O)C[C@@H]2C(=O)O)CC1. The van der Waals surface area contributed by atoms with Gasteiger partial charge in [0.05, 0.1) is 6.10 Å². The maximum absolute atomic E-state index is 12.0. The minimum absolute atomic E-state index is 0.101. The van der Waals surface area contributed by atoms with Crippen molar-refractivity contribution >= 4 is 12.0 Å². The van der Waals surface area contributed by atoms with Gasteiger partial charge in [-0.15, -0.1) is 0 Å². The van der Waals surface area contributed by atoms with Gasteiger partial charge >= 0.3 is 12.0 Å². The van der Waals surface area contributed by atoms with E-state index in [1.807, 2.05) is 0 Å². The number of rotatable bonds is 4. The summed E-state index contributed by atoms with van der Waals surface area (Å²) in [5.74, 6) is 0.433. The summed E-state index contributed by atoms with van der Waals surface area (Å²) in [6.07, 6.45) is 5.29. The highest BCUT2D eigenvalue weighted by Crippen LogP contribution is 2.30. The van der Waals surface area contributed by atoms with Crippen molar-refractivity contribution in [3.63, 3.8) is 0 Å². The average molecular weight is 298 g/mol. The lowest BCUT2D eigenvalue weighted by Crippen LogP contribution is -2.46. The van der Waals surface area contributed by atoms with Crippen LogP contribution in [-0.2, 0) is 4.79 Å². The third kappa shape index (κ3) is 4.33. The molecular weight excluding hydrogens is 272 g/mol. The van der Waals surface area contributed by atoms with E-state index in [0.717, 1.165) is 12.3 Å². The first-order chi connectivity index (χ1) is 9.97. The Labute approximate surface area is 125 Å². The van der Waals surface area contributed by atoms with E-state index in [0.29, 0.717) is 12.5 Å². The Bertz CT molecular complexity index is 380. The first-order valence-electron chi connectivity index (χ1n) is 7.92. The lowest BCUT2D eigenvalue weighted by Gasteiger charge is -2.27. The number of carboxylic acid groups (broad SMARTS) is 1. The average Bonchev–Trinajstić information content (AvgIpc) is 2.83. The summed E-state index contributed by atoms with van der Waals surface area (Å²) in [5, 5.41) is 21.4. The Balaban J connectivity index is 1.73. The quantitative estimate of drug-likeness (QED) is 0.732. The van der Waals surface area contributed by atoms with Crippen molar-refractivity contribution in [3.05, 3.63) is 0 Å². The van der Waals surface area contributed by atoms with E-state index in [9.17, 15) is 14.7 Å². The monoisotopic (exact) mass is 298 g/mol. The Morgan fingerprint density at radius 3 is 2.52 bits per heavy atom. The molecule has 2 amide bonds. The molecule has 2 rings (SSSR count). The number of nitrogens with one attached hydrogen (secondary N) is 1. The molecule has 0 aromatic rings. The molecule has 2 atom stereocenters. The zero-order valence-corrected chi connectivity index (χ0v) is 12.6. The van der Waals surface area contributed by atoms with Gasteiger partial charge in [-0.3, -0.25) is 0 Å².